The average Bonchev–Trinajstić information content (AvgIpc) is 3.02. The van der Waals surface area contributed by atoms with Gasteiger partial charge < -0.3 is 9.47 Å². The summed E-state index contributed by atoms with van der Waals surface area (Å²) < 4.78 is 2.37. The van der Waals surface area contributed by atoms with Crippen LogP contribution in [0.2, 0.25) is 0 Å². The predicted molar refractivity (Wildman–Crippen MR) is 111 cm³/mol. The summed E-state index contributed by atoms with van der Waals surface area (Å²) in [5.74, 6) is 0.739. The van der Waals surface area contributed by atoms with E-state index in [2.05, 4.69) is 90.1 Å². The molecule has 1 aromatic heterocycles. The van der Waals surface area contributed by atoms with Gasteiger partial charge in [-0.1, -0.05) is 56.3 Å². The fourth-order valence-corrected chi connectivity index (χ4v) is 3.98. The molecule has 3 nitrogen and oxygen atoms in total. The molecule has 0 spiro atoms. The molecule has 0 saturated heterocycles. The van der Waals surface area contributed by atoms with Crippen molar-refractivity contribution in [1.29, 1.82) is 0 Å². The lowest BCUT2D eigenvalue weighted by molar-refractivity contribution is 0.306. The summed E-state index contributed by atoms with van der Waals surface area (Å²) in [5, 5.41) is 2.68. The summed E-state index contributed by atoms with van der Waals surface area (Å²) in [7, 11) is 2.22. The molecule has 2 heterocycles. The molecule has 0 amide bonds. The number of hydrogen-bond donors (Lipinski definition) is 0. The van der Waals surface area contributed by atoms with Gasteiger partial charge in [-0.3, -0.25) is 4.90 Å². The van der Waals surface area contributed by atoms with E-state index < -0.39 is 0 Å². The molecule has 0 aliphatic carbocycles. The molecule has 0 saturated carbocycles. The van der Waals surface area contributed by atoms with E-state index in [1.54, 1.807) is 0 Å². The Labute approximate surface area is 156 Å². The Balaban J connectivity index is 1.62. The van der Waals surface area contributed by atoms with Gasteiger partial charge in [0.2, 0.25) is 0 Å². The SMILES string of the molecule is CC(C)CCN1CN(C)Cc2cn(Cc3cccc4ccccc34)cc21. The second-order valence-corrected chi connectivity index (χ2v) is 8.08. The highest BCUT2D eigenvalue weighted by Crippen LogP contribution is 2.29. The normalized spacial score (nSPS) is 15.0. The third-order valence-corrected chi connectivity index (χ3v) is 5.34. The molecule has 3 aromatic rings. The van der Waals surface area contributed by atoms with Gasteiger partial charge in [-0.25, -0.2) is 0 Å². The maximum Gasteiger partial charge on any atom is 0.0708 e. The van der Waals surface area contributed by atoms with Crippen LogP contribution in [-0.4, -0.2) is 29.7 Å². The van der Waals surface area contributed by atoms with Crippen LogP contribution < -0.4 is 4.90 Å². The Hall–Kier alpha value is -2.26. The van der Waals surface area contributed by atoms with E-state index in [9.17, 15) is 0 Å². The molecule has 136 valence electrons. The zero-order chi connectivity index (χ0) is 18.1. The highest BCUT2D eigenvalue weighted by atomic mass is 15.3. The molecule has 0 unspecified atom stereocenters. The van der Waals surface area contributed by atoms with Crippen LogP contribution in [0.4, 0.5) is 5.69 Å². The van der Waals surface area contributed by atoms with Gasteiger partial charge in [-0.05, 0) is 35.7 Å². The number of hydrogen-bond acceptors (Lipinski definition) is 2. The summed E-state index contributed by atoms with van der Waals surface area (Å²) in [4.78, 5) is 4.95. The Morgan fingerprint density at radius 3 is 2.65 bits per heavy atom. The molecule has 4 rings (SSSR count). The zero-order valence-corrected chi connectivity index (χ0v) is 16.2. The third kappa shape index (κ3) is 3.49. The Morgan fingerprint density at radius 1 is 1.00 bits per heavy atom. The Kier molecular flexibility index (Phi) is 4.73. The molecular formula is C23H29N3. The lowest BCUT2D eigenvalue weighted by Crippen LogP contribution is -2.40. The molecular weight excluding hydrogens is 318 g/mol. The minimum Gasteiger partial charge on any atom is -0.357 e. The van der Waals surface area contributed by atoms with Crippen LogP contribution in [0.25, 0.3) is 10.8 Å². The fourth-order valence-electron chi connectivity index (χ4n) is 3.98. The van der Waals surface area contributed by atoms with E-state index in [1.165, 1.54) is 34.0 Å². The lowest BCUT2D eigenvalue weighted by Gasteiger charge is -2.35. The Morgan fingerprint density at radius 2 is 1.81 bits per heavy atom. The molecule has 2 aromatic carbocycles. The Bertz CT molecular complexity index is 888. The number of benzene rings is 2. The van der Waals surface area contributed by atoms with Crippen molar-refractivity contribution < 1.29 is 0 Å². The first kappa shape index (κ1) is 17.2. The minimum atomic E-state index is 0.739. The first-order chi connectivity index (χ1) is 12.6. The van der Waals surface area contributed by atoms with Crippen LogP contribution in [0.3, 0.4) is 0 Å². The van der Waals surface area contributed by atoms with Crippen LogP contribution in [0.1, 0.15) is 31.4 Å². The molecule has 1 aliphatic rings. The summed E-state index contributed by atoms with van der Waals surface area (Å²) in [6.07, 6.45) is 5.93. The van der Waals surface area contributed by atoms with Crippen LogP contribution in [0.15, 0.2) is 54.9 Å². The molecule has 0 bridgehead atoms. The maximum atomic E-state index is 2.54. The van der Waals surface area contributed by atoms with Crippen molar-refractivity contribution in [2.75, 3.05) is 25.2 Å². The van der Waals surface area contributed by atoms with Crippen molar-refractivity contribution in [3.05, 3.63) is 66.0 Å². The lowest BCUT2D eigenvalue weighted by atomic mass is 10.0. The van der Waals surface area contributed by atoms with E-state index >= 15 is 0 Å². The monoisotopic (exact) mass is 347 g/mol. The smallest absolute Gasteiger partial charge is 0.0708 e. The van der Waals surface area contributed by atoms with Gasteiger partial charge in [-0.2, -0.15) is 0 Å². The fraction of sp³-hybridized carbons (Fsp3) is 0.391. The highest BCUT2D eigenvalue weighted by molar-refractivity contribution is 5.85. The second kappa shape index (κ2) is 7.16. The highest BCUT2D eigenvalue weighted by Gasteiger charge is 2.22. The predicted octanol–water partition coefficient (Wildman–Crippen LogP) is 4.95. The molecule has 0 radical (unpaired) electrons. The second-order valence-electron chi connectivity index (χ2n) is 8.08. The molecule has 0 fully saturated rings. The van der Waals surface area contributed by atoms with Crippen molar-refractivity contribution in [3.63, 3.8) is 0 Å². The van der Waals surface area contributed by atoms with Gasteiger partial charge in [0, 0.05) is 37.6 Å². The number of fused-ring (bicyclic) bond motifs is 2. The number of anilines is 1. The number of aromatic nitrogens is 1. The minimum absolute atomic E-state index is 0.739. The number of rotatable bonds is 5. The van der Waals surface area contributed by atoms with Crippen molar-refractivity contribution in [3.8, 4) is 0 Å². The maximum absolute atomic E-state index is 2.54. The van der Waals surface area contributed by atoms with Crippen molar-refractivity contribution in [1.82, 2.24) is 9.47 Å². The van der Waals surface area contributed by atoms with Gasteiger partial charge in [0.05, 0.1) is 12.4 Å². The largest absolute Gasteiger partial charge is 0.357 e. The van der Waals surface area contributed by atoms with Crippen molar-refractivity contribution >= 4 is 16.5 Å². The van der Waals surface area contributed by atoms with E-state index in [4.69, 9.17) is 0 Å². The van der Waals surface area contributed by atoms with E-state index in [0.29, 0.717) is 0 Å². The molecule has 26 heavy (non-hydrogen) atoms. The average molecular weight is 348 g/mol. The molecule has 0 atom stereocenters. The van der Waals surface area contributed by atoms with E-state index in [-0.39, 0.29) is 0 Å². The van der Waals surface area contributed by atoms with Crippen LogP contribution in [0, 0.1) is 5.92 Å². The van der Waals surface area contributed by atoms with Gasteiger partial charge in [0.25, 0.3) is 0 Å². The summed E-state index contributed by atoms with van der Waals surface area (Å²) in [5.41, 5.74) is 4.25. The van der Waals surface area contributed by atoms with Crippen molar-refractivity contribution in [2.24, 2.45) is 5.92 Å². The van der Waals surface area contributed by atoms with Gasteiger partial charge in [0.15, 0.2) is 0 Å². The standard InChI is InChI=1S/C23H29N3/c1-18(2)11-12-26-17-24(3)13-21-15-25(16-23(21)26)14-20-9-6-8-19-7-4-5-10-22(19)20/h4-10,15-16,18H,11-14,17H2,1-3H3. The molecule has 1 aliphatic heterocycles. The summed E-state index contributed by atoms with van der Waals surface area (Å²) >= 11 is 0. The first-order valence-corrected chi connectivity index (χ1v) is 9.69. The third-order valence-electron chi connectivity index (χ3n) is 5.34. The number of nitrogens with zero attached hydrogens (tertiary/aromatic N) is 3. The van der Waals surface area contributed by atoms with Gasteiger partial charge >= 0.3 is 0 Å². The van der Waals surface area contributed by atoms with Gasteiger partial charge in [-0.15, -0.1) is 0 Å². The van der Waals surface area contributed by atoms with Crippen molar-refractivity contribution in [2.45, 2.75) is 33.4 Å². The van der Waals surface area contributed by atoms with Gasteiger partial charge in [0.1, 0.15) is 0 Å². The zero-order valence-electron chi connectivity index (χ0n) is 16.2. The van der Waals surface area contributed by atoms with E-state index in [0.717, 1.165) is 32.2 Å². The summed E-state index contributed by atoms with van der Waals surface area (Å²) in [6.45, 7) is 8.73. The molecule has 0 N–H and O–H groups in total. The summed E-state index contributed by atoms with van der Waals surface area (Å²) in [6, 6.07) is 15.3. The van der Waals surface area contributed by atoms with Crippen LogP contribution in [0.5, 0.6) is 0 Å². The first-order valence-electron chi connectivity index (χ1n) is 9.69. The topological polar surface area (TPSA) is 11.4 Å². The van der Waals surface area contributed by atoms with Crippen LogP contribution >= 0.6 is 0 Å². The quantitative estimate of drug-likeness (QED) is 0.647. The van der Waals surface area contributed by atoms with Crippen LogP contribution in [-0.2, 0) is 13.1 Å². The van der Waals surface area contributed by atoms with E-state index in [1.807, 2.05) is 0 Å². The molecule has 3 heteroatoms.